The summed E-state index contributed by atoms with van der Waals surface area (Å²) in [5, 5.41) is 2.76. The van der Waals surface area contributed by atoms with E-state index in [4.69, 9.17) is 4.74 Å². The molecule has 0 unspecified atom stereocenters. The van der Waals surface area contributed by atoms with Crippen LogP contribution >= 0.6 is 0 Å². The highest BCUT2D eigenvalue weighted by atomic mass is 32.2. The van der Waals surface area contributed by atoms with Crippen molar-refractivity contribution in [1.29, 1.82) is 0 Å². The standard InChI is InChI=1S/C22H22N2O4S/c1-15-4-7-17(8-5-15)22(25)23-18-9-11-19(12-10-18)29(26,27)24-20-14-16(2)6-13-21(20)28-3/h4-14,24H,1-3H3,(H,23,25). The first-order chi connectivity index (χ1) is 13.8. The Bertz CT molecular complexity index is 1120. The third kappa shape index (κ3) is 4.94. The second-order valence-corrected chi connectivity index (χ2v) is 8.34. The Labute approximate surface area is 170 Å². The lowest BCUT2D eigenvalue weighted by atomic mass is 10.1. The van der Waals surface area contributed by atoms with Crippen LogP contribution in [0.4, 0.5) is 11.4 Å². The van der Waals surface area contributed by atoms with Crippen LogP contribution in [-0.2, 0) is 10.0 Å². The summed E-state index contributed by atoms with van der Waals surface area (Å²) in [5.41, 5.74) is 3.36. The van der Waals surface area contributed by atoms with E-state index in [1.54, 1.807) is 36.4 Å². The first-order valence-corrected chi connectivity index (χ1v) is 10.4. The fraction of sp³-hybridized carbons (Fsp3) is 0.136. The van der Waals surface area contributed by atoms with Gasteiger partial charge in [0.15, 0.2) is 0 Å². The van der Waals surface area contributed by atoms with E-state index in [1.807, 2.05) is 32.0 Å². The van der Waals surface area contributed by atoms with Crippen LogP contribution in [0.25, 0.3) is 0 Å². The average molecular weight is 410 g/mol. The highest BCUT2D eigenvalue weighted by Crippen LogP contribution is 2.28. The second-order valence-electron chi connectivity index (χ2n) is 6.65. The molecule has 0 radical (unpaired) electrons. The van der Waals surface area contributed by atoms with Gasteiger partial charge in [-0.05, 0) is 67.9 Å². The van der Waals surface area contributed by atoms with Gasteiger partial charge in [-0.3, -0.25) is 9.52 Å². The number of rotatable bonds is 6. The Morgan fingerprint density at radius 1 is 0.862 bits per heavy atom. The Morgan fingerprint density at radius 2 is 1.48 bits per heavy atom. The fourth-order valence-corrected chi connectivity index (χ4v) is 3.79. The molecule has 3 rings (SSSR count). The minimum Gasteiger partial charge on any atom is -0.495 e. The fourth-order valence-electron chi connectivity index (χ4n) is 2.73. The number of benzene rings is 3. The number of hydrogen-bond donors (Lipinski definition) is 2. The SMILES string of the molecule is COc1ccc(C)cc1NS(=O)(=O)c1ccc(NC(=O)c2ccc(C)cc2)cc1. The van der Waals surface area contributed by atoms with E-state index in [9.17, 15) is 13.2 Å². The molecule has 0 heterocycles. The molecule has 0 aromatic heterocycles. The molecule has 0 aliphatic rings. The van der Waals surface area contributed by atoms with Gasteiger partial charge in [0.05, 0.1) is 17.7 Å². The van der Waals surface area contributed by atoms with Crippen molar-refractivity contribution < 1.29 is 17.9 Å². The van der Waals surface area contributed by atoms with E-state index in [-0.39, 0.29) is 10.8 Å². The van der Waals surface area contributed by atoms with Gasteiger partial charge < -0.3 is 10.1 Å². The number of methoxy groups -OCH3 is 1. The molecule has 0 saturated carbocycles. The third-order valence-corrected chi connectivity index (χ3v) is 5.72. The van der Waals surface area contributed by atoms with E-state index >= 15 is 0 Å². The van der Waals surface area contributed by atoms with Crippen LogP contribution < -0.4 is 14.8 Å². The van der Waals surface area contributed by atoms with E-state index in [1.165, 1.54) is 19.2 Å². The quantitative estimate of drug-likeness (QED) is 0.632. The molecule has 29 heavy (non-hydrogen) atoms. The normalized spacial score (nSPS) is 11.0. The second kappa shape index (κ2) is 8.36. The zero-order chi connectivity index (χ0) is 21.0. The highest BCUT2D eigenvalue weighted by molar-refractivity contribution is 7.92. The van der Waals surface area contributed by atoms with Crippen LogP contribution in [0, 0.1) is 13.8 Å². The van der Waals surface area contributed by atoms with E-state index in [0.29, 0.717) is 22.7 Å². The molecule has 0 atom stereocenters. The monoisotopic (exact) mass is 410 g/mol. The van der Waals surface area contributed by atoms with Gasteiger partial charge in [-0.2, -0.15) is 0 Å². The van der Waals surface area contributed by atoms with Crippen LogP contribution in [0.5, 0.6) is 5.75 Å². The third-order valence-electron chi connectivity index (χ3n) is 4.34. The first kappa shape index (κ1) is 20.4. The number of hydrogen-bond acceptors (Lipinski definition) is 4. The summed E-state index contributed by atoms with van der Waals surface area (Å²) in [6.07, 6.45) is 0. The van der Waals surface area contributed by atoms with Crippen LogP contribution in [0.2, 0.25) is 0 Å². The summed E-state index contributed by atoms with van der Waals surface area (Å²) in [6.45, 7) is 3.81. The summed E-state index contributed by atoms with van der Waals surface area (Å²) in [5.74, 6) is 0.171. The summed E-state index contributed by atoms with van der Waals surface area (Å²) in [6, 6.07) is 18.4. The lowest BCUT2D eigenvalue weighted by Crippen LogP contribution is -2.14. The number of aryl methyl sites for hydroxylation is 2. The Balaban J connectivity index is 1.76. The minimum atomic E-state index is -3.81. The van der Waals surface area contributed by atoms with Crippen LogP contribution in [0.3, 0.4) is 0 Å². The van der Waals surface area contributed by atoms with Crippen molar-refractivity contribution >= 4 is 27.3 Å². The zero-order valence-electron chi connectivity index (χ0n) is 16.4. The Kier molecular flexibility index (Phi) is 5.89. The zero-order valence-corrected chi connectivity index (χ0v) is 17.2. The summed E-state index contributed by atoms with van der Waals surface area (Å²) in [7, 11) is -2.33. The largest absolute Gasteiger partial charge is 0.495 e. The van der Waals surface area contributed by atoms with Gasteiger partial charge in [-0.1, -0.05) is 23.8 Å². The van der Waals surface area contributed by atoms with Gasteiger partial charge in [-0.25, -0.2) is 8.42 Å². The predicted molar refractivity (Wildman–Crippen MR) is 114 cm³/mol. The molecule has 6 nitrogen and oxygen atoms in total. The highest BCUT2D eigenvalue weighted by Gasteiger charge is 2.17. The summed E-state index contributed by atoms with van der Waals surface area (Å²) in [4.78, 5) is 12.4. The van der Waals surface area contributed by atoms with Crippen molar-refractivity contribution in [2.75, 3.05) is 17.1 Å². The average Bonchev–Trinajstić information content (AvgIpc) is 2.69. The maximum absolute atomic E-state index is 12.7. The van der Waals surface area contributed by atoms with Gasteiger partial charge in [0.1, 0.15) is 5.75 Å². The Hall–Kier alpha value is -3.32. The predicted octanol–water partition coefficient (Wildman–Crippen LogP) is 4.37. The first-order valence-electron chi connectivity index (χ1n) is 8.94. The molecule has 0 bridgehead atoms. The molecule has 0 spiro atoms. The van der Waals surface area contributed by atoms with Crippen molar-refractivity contribution in [2.45, 2.75) is 18.7 Å². The number of anilines is 2. The van der Waals surface area contributed by atoms with Crippen molar-refractivity contribution in [3.63, 3.8) is 0 Å². The number of ether oxygens (including phenoxy) is 1. The number of nitrogens with one attached hydrogen (secondary N) is 2. The number of carbonyl (C=O) groups is 1. The molecular weight excluding hydrogens is 388 g/mol. The maximum Gasteiger partial charge on any atom is 0.262 e. The van der Waals surface area contributed by atoms with E-state index < -0.39 is 10.0 Å². The molecule has 2 N–H and O–H groups in total. The number of carbonyl (C=O) groups excluding carboxylic acids is 1. The van der Waals surface area contributed by atoms with Crippen molar-refractivity contribution in [1.82, 2.24) is 0 Å². The molecule has 0 aliphatic carbocycles. The number of amides is 1. The van der Waals surface area contributed by atoms with Crippen LogP contribution in [0.1, 0.15) is 21.5 Å². The lowest BCUT2D eigenvalue weighted by Gasteiger charge is -2.13. The minimum absolute atomic E-state index is 0.0781. The number of sulfonamides is 1. The summed E-state index contributed by atoms with van der Waals surface area (Å²) < 4.78 is 33.2. The van der Waals surface area contributed by atoms with E-state index in [0.717, 1.165) is 11.1 Å². The van der Waals surface area contributed by atoms with Crippen molar-refractivity contribution in [2.24, 2.45) is 0 Å². The van der Waals surface area contributed by atoms with Crippen LogP contribution in [-0.4, -0.2) is 21.4 Å². The van der Waals surface area contributed by atoms with Gasteiger partial charge in [0.25, 0.3) is 15.9 Å². The van der Waals surface area contributed by atoms with Crippen LogP contribution in [0.15, 0.2) is 71.6 Å². The molecule has 1 amide bonds. The smallest absolute Gasteiger partial charge is 0.262 e. The molecule has 7 heteroatoms. The van der Waals surface area contributed by atoms with Gasteiger partial charge in [0, 0.05) is 11.3 Å². The molecule has 3 aromatic carbocycles. The Morgan fingerprint density at radius 3 is 2.10 bits per heavy atom. The maximum atomic E-state index is 12.7. The van der Waals surface area contributed by atoms with Gasteiger partial charge >= 0.3 is 0 Å². The van der Waals surface area contributed by atoms with Crippen molar-refractivity contribution in [3.8, 4) is 5.75 Å². The van der Waals surface area contributed by atoms with Gasteiger partial charge in [-0.15, -0.1) is 0 Å². The molecule has 150 valence electrons. The molecule has 3 aromatic rings. The van der Waals surface area contributed by atoms with Crippen molar-refractivity contribution in [3.05, 3.63) is 83.4 Å². The summed E-state index contributed by atoms with van der Waals surface area (Å²) >= 11 is 0. The molecular formula is C22H22N2O4S. The topological polar surface area (TPSA) is 84.5 Å². The molecule has 0 fully saturated rings. The molecule has 0 saturated heterocycles. The van der Waals surface area contributed by atoms with Gasteiger partial charge in [0.2, 0.25) is 0 Å². The lowest BCUT2D eigenvalue weighted by molar-refractivity contribution is 0.102. The molecule has 0 aliphatic heterocycles. The van der Waals surface area contributed by atoms with E-state index in [2.05, 4.69) is 10.0 Å².